The average molecular weight is 381 g/mol. The van der Waals surface area contributed by atoms with Gasteiger partial charge in [0.15, 0.2) is 5.58 Å². The summed E-state index contributed by atoms with van der Waals surface area (Å²) in [6.45, 7) is 2.82. The molecule has 1 aliphatic rings. The topological polar surface area (TPSA) is 96.7 Å². The number of para-hydroxylation sites is 1. The first-order chi connectivity index (χ1) is 13.6. The third-order valence-corrected chi connectivity index (χ3v) is 5.15. The minimum Gasteiger partial charge on any atom is -0.408 e. The fourth-order valence-electron chi connectivity index (χ4n) is 3.68. The van der Waals surface area contributed by atoms with E-state index in [0.29, 0.717) is 38.3 Å². The number of oxazole rings is 1. The molecule has 4 rings (SSSR count). The maximum atomic E-state index is 12.6. The van der Waals surface area contributed by atoms with Crippen LogP contribution < -0.4 is 21.7 Å². The van der Waals surface area contributed by atoms with E-state index in [1.807, 2.05) is 43.4 Å². The first kappa shape index (κ1) is 18.0. The van der Waals surface area contributed by atoms with Crippen molar-refractivity contribution in [1.82, 2.24) is 9.47 Å². The lowest BCUT2D eigenvalue weighted by atomic mass is 10.2. The fraction of sp³-hybridized carbons (Fsp3) is 0.300. The number of amides is 2. The molecule has 0 aliphatic carbocycles. The molecule has 0 bridgehead atoms. The number of nitrogens with one attached hydrogen (secondary N) is 1. The number of hydrogen-bond acceptors (Lipinski definition) is 5. The number of rotatable bonds is 4. The predicted octanol–water partition coefficient (Wildman–Crippen LogP) is 1.89. The Hall–Kier alpha value is -3.42. The van der Waals surface area contributed by atoms with Crippen molar-refractivity contribution in [2.45, 2.75) is 6.54 Å². The zero-order valence-corrected chi connectivity index (χ0v) is 15.7. The Kier molecular flexibility index (Phi) is 4.68. The second-order valence-corrected chi connectivity index (χ2v) is 6.84. The number of fused-ring (bicyclic) bond motifs is 1. The van der Waals surface area contributed by atoms with Gasteiger partial charge in [-0.25, -0.2) is 9.59 Å². The van der Waals surface area contributed by atoms with Crippen LogP contribution in [0.25, 0.3) is 11.1 Å². The molecule has 3 aromatic rings. The van der Waals surface area contributed by atoms with Crippen LogP contribution in [0.15, 0.2) is 51.7 Å². The van der Waals surface area contributed by atoms with Crippen LogP contribution in [0, 0.1) is 0 Å². The number of benzene rings is 2. The first-order valence-electron chi connectivity index (χ1n) is 9.25. The van der Waals surface area contributed by atoms with Crippen LogP contribution in [0.4, 0.5) is 16.2 Å². The zero-order valence-electron chi connectivity index (χ0n) is 15.7. The number of carbonyl (C=O) groups is 1. The summed E-state index contributed by atoms with van der Waals surface area (Å²) in [6, 6.07) is 13.2. The molecule has 28 heavy (non-hydrogen) atoms. The molecule has 2 heterocycles. The third kappa shape index (κ3) is 3.28. The molecule has 2 aromatic carbocycles. The number of primary amides is 1. The van der Waals surface area contributed by atoms with Gasteiger partial charge in [0.05, 0.1) is 12.2 Å². The molecule has 1 fully saturated rings. The molecule has 1 saturated heterocycles. The molecular weight excluding hydrogens is 358 g/mol. The van der Waals surface area contributed by atoms with Crippen LogP contribution in [0.1, 0.15) is 5.56 Å². The van der Waals surface area contributed by atoms with Crippen LogP contribution in [0.2, 0.25) is 0 Å². The molecule has 8 heteroatoms. The van der Waals surface area contributed by atoms with Crippen LogP contribution in [-0.2, 0) is 6.54 Å². The Bertz CT molecular complexity index is 1060. The molecule has 0 saturated carbocycles. The van der Waals surface area contributed by atoms with Crippen molar-refractivity contribution < 1.29 is 9.21 Å². The summed E-state index contributed by atoms with van der Waals surface area (Å²) in [4.78, 5) is 27.7. The maximum Gasteiger partial charge on any atom is 0.420 e. The number of piperazine rings is 1. The lowest BCUT2D eigenvalue weighted by Crippen LogP contribution is -2.50. The van der Waals surface area contributed by atoms with Gasteiger partial charge in [-0.3, -0.25) is 4.57 Å². The van der Waals surface area contributed by atoms with Gasteiger partial charge in [-0.15, -0.1) is 0 Å². The van der Waals surface area contributed by atoms with E-state index < -0.39 is 6.03 Å². The monoisotopic (exact) mass is 381 g/mol. The van der Waals surface area contributed by atoms with Gasteiger partial charge in [-0.2, -0.15) is 0 Å². The largest absolute Gasteiger partial charge is 0.420 e. The molecule has 8 nitrogen and oxygen atoms in total. The van der Waals surface area contributed by atoms with Gasteiger partial charge >= 0.3 is 11.8 Å². The highest BCUT2D eigenvalue weighted by atomic mass is 16.4. The highest BCUT2D eigenvalue weighted by Crippen LogP contribution is 2.28. The van der Waals surface area contributed by atoms with Gasteiger partial charge < -0.3 is 25.3 Å². The molecule has 2 amide bonds. The van der Waals surface area contributed by atoms with E-state index in [1.54, 1.807) is 15.5 Å². The summed E-state index contributed by atoms with van der Waals surface area (Å²) >= 11 is 0. The predicted molar refractivity (Wildman–Crippen MR) is 109 cm³/mol. The van der Waals surface area contributed by atoms with E-state index in [2.05, 4.69) is 10.2 Å². The number of nitrogens with zero attached hydrogens (tertiary/aromatic N) is 3. The lowest BCUT2D eigenvalue weighted by molar-refractivity contribution is 0.204. The standard InChI is InChI=1S/C20H23N5O3/c1-22-15-5-2-4-14(12-15)13-25-18-16(6-3-7-17(18)28-20(25)27)23-8-10-24(11-9-23)19(21)26/h2-7,12,22H,8-11,13H2,1H3,(H2,21,26). The van der Waals surface area contributed by atoms with Gasteiger partial charge in [-0.1, -0.05) is 18.2 Å². The number of anilines is 2. The Morgan fingerprint density at radius 1 is 1.14 bits per heavy atom. The van der Waals surface area contributed by atoms with Gasteiger partial charge in [-0.05, 0) is 29.8 Å². The van der Waals surface area contributed by atoms with E-state index in [1.165, 1.54) is 0 Å². The SMILES string of the molecule is CNc1cccc(Cn2c(=O)oc3cccc(N4CCN(C(N)=O)CC4)c32)c1. The normalized spacial score (nSPS) is 14.5. The van der Waals surface area contributed by atoms with Crippen molar-refractivity contribution >= 4 is 28.5 Å². The number of urea groups is 1. The fourth-order valence-corrected chi connectivity index (χ4v) is 3.68. The summed E-state index contributed by atoms with van der Waals surface area (Å²) in [5.74, 6) is -0.381. The van der Waals surface area contributed by atoms with Gasteiger partial charge in [0.1, 0.15) is 5.52 Å². The highest BCUT2D eigenvalue weighted by Gasteiger charge is 2.23. The van der Waals surface area contributed by atoms with Crippen molar-refractivity contribution in [3.63, 3.8) is 0 Å². The Morgan fingerprint density at radius 2 is 1.89 bits per heavy atom. The second-order valence-electron chi connectivity index (χ2n) is 6.84. The van der Waals surface area contributed by atoms with E-state index in [0.717, 1.165) is 22.5 Å². The third-order valence-electron chi connectivity index (χ3n) is 5.15. The van der Waals surface area contributed by atoms with Crippen LogP contribution in [-0.4, -0.2) is 48.7 Å². The zero-order chi connectivity index (χ0) is 19.7. The molecule has 0 radical (unpaired) electrons. The summed E-state index contributed by atoms with van der Waals surface area (Å²) in [5, 5.41) is 3.11. The molecule has 0 spiro atoms. The minimum absolute atomic E-state index is 0.381. The summed E-state index contributed by atoms with van der Waals surface area (Å²) in [5.41, 5.74) is 9.63. The average Bonchev–Trinajstić information content (AvgIpc) is 3.03. The number of aromatic nitrogens is 1. The number of carbonyl (C=O) groups excluding carboxylic acids is 1. The van der Waals surface area contributed by atoms with E-state index >= 15 is 0 Å². The Morgan fingerprint density at radius 3 is 2.61 bits per heavy atom. The smallest absolute Gasteiger partial charge is 0.408 e. The molecule has 1 aromatic heterocycles. The Labute approximate surface area is 162 Å². The summed E-state index contributed by atoms with van der Waals surface area (Å²) in [6.07, 6.45) is 0. The maximum absolute atomic E-state index is 12.6. The van der Waals surface area contributed by atoms with Gasteiger partial charge in [0.2, 0.25) is 0 Å². The van der Waals surface area contributed by atoms with Crippen LogP contribution >= 0.6 is 0 Å². The van der Waals surface area contributed by atoms with Gasteiger partial charge in [0.25, 0.3) is 0 Å². The first-order valence-corrected chi connectivity index (χ1v) is 9.25. The summed E-state index contributed by atoms with van der Waals surface area (Å²) < 4.78 is 7.17. The van der Waals surface area contributed by atoms with Crippen molar-refractivity contribution in [2.24, 2.45) is 5.73 Å². The van der Waals surface area contributed by atoms with Crippen molar-refractivity contribution in [2.75, 3.05) is 43.4 Å². The number of nitrogens with two attached hydrogens (primary N) is 1. The lowest BCUT2D eigenvalue weighted by Gasteiger charge is -2.35. The molecule has 3 N–H and O–H groups in total. The molecule has 146 valence electrons. The van der Waals surface area contributed by atoms with E-state index in [9.17, 15) is 9.59 Å². The van der Waals surface area contributed by atoms with Crippen molar-refractivity contribution in [3.05, 3.63) is 58.6 Å². The molecule has 0 unspecified atom stereocenters. The second kappa shape index (κ2) is 7.30. The minimum atomic E-state index is -0.400. The van der Waals surface area contributed by atoms with E-state index in [4.69, 9.17) is 10.2 Å². The van der Waals surface area contributed by atoms with E-state index in [-0.39, 0.29) is 5.76 Å². The van der Waals surface area contributed by atoms with Gasteiger partial charge in [0, 0.05) is 38.9 Å². The summed E-state index contributed by atoms with van der Waals surface area (Å²) in [7, 11) is 1.86. The quantitative estimate of drug-likeness (QED) is 0.719. The highest BCUT2D eigenvalue weighted by molar-refractivity contribution is 5.88. The molecule has 1 aliphatic heterocycles. The van der Waals surface area contributed by atoms with Crippen molar-refractivity contribution in [1.29, 1.82) is 0 Å². The number of hydrogen-bond donors (Lipinski definition) is 2. The van der Waals surface area contributed by atoms with Crippen LogP contribution in [0.3, 0.4) is 0 Å². The van der Waals surface area contributed by atoms with Crippen molar-refractivity contribution in [3.8, 4) is 0 Å². The molecule has 0 atom stereocenters. The van der Waals surface area contributed by atoms with Crippen LogP contribution in [0.5, 0.6) is 0 Å². The molecular formula is C20H23N5O3. The Balaban J connectivity index is 1.71.